The van der Waals surface area contributed by atoms with Gasteiger partial charge in [0.15, 0.2) is 5.78 Å². The molecule has 0 N–H and O–H groups in total. The molecule has 0 saturated carbocycles. The zero-order chi connectivity index (χ0) is 20.5. The Bertz CT molecular complexity index is 852. The zero-order valence-electron chi connectivity index (χ0n) is 16.5. The van der Waals surface area contributed by atoms with E-state index in [4.69, 9.17) is 18.9 Å². The van der Waals surface area contributed by atoms with E-state index in [-0.39, 0.29) is 23.5 Å². The van der Waals surface area contributed by atoms with Gasteiger partial charge in [0.05, 0.1) is 20.8 Å². The molecular weight excluding hydrogens is 360 g/mol. The van der Waals surface area contributed by atoms with Gasteiger partial charge in [0.1, 0.15) is 28.6 Å². The number of ether oxygens (including phenoxy) is 4. The van der Waals surface area contributed by atoms with Crippen LogP contribution < -0.4 is 18.9 Å². The molecule has 0 atom stereocenters. The van der Waals surface area contributed by atoms with Crippen molar-refractivity contribution in [3.05, 3.63) is 53.6 Å². The number of carbonyl (C=O) groups is 2. The van der Waals surface area contributed by atoms with E-state index in [0.29, 0.717) is 18.1 Å². The Labute approximate surface area is 164 Å². The molecule has 0 saturated heterocycles. The number of benzene rings is 2. The molecule has 2 aromatic rings. The fourth-order valence-electron chi connectivity index (χ4n) is 2.44. The van der Waals surface area contributed by atoms with Crippen molar-refractivity contribution < 1.29 is 28.5 Å². The Balaban J connectivity index is 2.42. The molecule has 0 radical (unpaired) electrons. The van der Waals surface area contributed by atoms with E-state index in [1.807, 2.05) is 12.1 Å². The third-order valence-electron chi connectivity index (χ3n) is 3.88. The minimum Gasteiger partial charge on any atom is -0.497 e. The van der Waals surface area contributed by atoms with Crippen LogP contribution in [0.25, 0.3) is 6.08 Å². The van der Waals surface area contributed by atoms with Crippen LogP contribution in [0.2, 0.25) is 0 Å². The average Bonchev–Trinajstić information content (AvgIpc) is 2.72. The quantitative estimate of drug-likeness (QED) is 0.278. The van der Waals surface area contributed by atoms with Crippen LogP contribution in [0.15, 0.2) is 42.5 Å². The zero-order valence-corrected chi connectivity index (χ0v) is 16.5. The molecule has 2 rings (SSSR count). The molecular formula is C22H24O6. The van der Waals surface area contributed by atoms with Crippen LogP contribution in [0, 0.1) is 0 Å². The minimum absolute atomic E-state index is 0.110. The molecule has 148 valence electrons. The summed E-state index contributed by atoms with van der Waals surface area (Å²) in [5, 5.41) is 0. The molecule has 0 spiro atoms. The summed E-state index contributed by atoms with van der Waals surface area (Å²) in [5.74, 6) is 0.762. The second kappa shape index (κ2) is 10.2. The lowest BCUT2D eigenvalue weighted by atomic mass is 10.1. The van der Waals surface area contributed by atoms with Crippen LogP contribution in [-0.4, -0.2) is 32.6 Å². The number of ketones is 1. The topological polar surface area (TPSA) is 71.1 Å². The van der Waals surface area contributed by atoms with E-state index in [1.165, 1.54) is 19.3 Å². The Morgan fingerprint density at radius 1 is 0.929 bits per heavy atom. The van der Waals surface area contributed by atoms with Gasteiger partial charge in [-0.25, -0.2) is 0 Å². The molecule has 6 nitrogen and oxygen atoms in total. The molecule has 28 heavy (non-hydrogen) atoms. The van der Waals surface area contributed by atoms with E-state index >= 15 is 0 Å². The first kappa shape index (κ1) is 21.0. The van der Waals surface area contributed by atoms with Gasteiger partial charge in [-0.3, -0.25) is 9.59 Å². The fraction of sp³-hybridized carbons (Fsp3) is 0.273. The maximum atomic E-state index is 12.9. The van der Waals surface area contributed by atoms with Gasteiger partial charge in [-0.15, -0.1) is 0 Å². The van der Waals surface area contributed by atoms with Gasteiger partial charge >= 0.3 is 5.97 Å². The highest BCUT2D eigenvalue weighted by Gasteiger charge is 2.21. The first-order valence-electron chi connectivity index (χ1n) is 8.94. The van der Waals surface area contributed by atoms with Gasteiger partial charge < -0.3 is 18.9 Å². The van der Waals surface area contributed by atoms with Crippen LogP contribution in [0.4, 0.5) is 0 Å². The van der Waals surface area contributed by atoms with Crippen LogP contribution in [0.5, 0.6) is 23.0 Å². The van der Waals surface area contributed by atoms with Crippen molar-refractivity contribution in [3.63, 3.8) is 0 Å². The molecule has 0 aliphatic heterocycles. The lowest BCUT2D eigenvalue weighted by Crippen LogP contribution is -2.11. The third-order valence-corrected chi connectivity index (χ3v) is 3.88. The Kier molecular flexibility index (Phi) is 7.63. The van der Waals surface area contributed by atoms with Gasteiger partial charge in [-0.05, 0) is 30.7 Å². The standard InChI is InChI=1S/C22H24O6/c1-5-21(24)28-20-14-17(26-4)13-19(27-6-2)22(20)18(23)12-9-15-7-10-16(25-3)11-8-15/h7-14H,5-6H2,1-4H3. The molecule has 2 aromatic carbocycles. The summed E-state index contributed by atoms with van der Waals surface area (Å²) in [4.78, 5) is 24.7. The number of carbonyl (C=O) groups excluding carboxylic acids is 2. The number of methoxy groups -OCH3 is 2. The number of hydrogen-bond donors (Lipinski definition) is 0. The van der Waals surface area contributed by atoms with Gasteiger partial charge in [0, 0.05) is 18.6 Å². The lowest BCUT2D eigenvalue weighted by Gasteiger charge is -2.15. The SMILES string of the molecule is CCOc1cc(OC)cc(OC(=O)CC)c1C(=O)C=Cc1ccc(OC)cc1. The lowest BCUT2D eigenvalue weighted by molar-refractivity contribution is -0.134. The summed E-state index contributed by atoms with van der Waals surface area (Å²) in [7, 11) is 3.08. The van der Waals surface area contributed by atoms with E-state index in [2.05, 4.69) is 0 Å². The normalized spacial score (nSPS) is 10.6. The van der Waals surface area contributed by atoms with Crippen LogP contribution >= 0.6 is 0 Å². The molecule has 0 fully saturated rings. The molecule has 0 amide bonds. The number of allylic oxidation sites excluding steroid dienone is 1. The summed E-state index contributed by atoms with van der Waals surface area (Å²) in [6.45, 7) is 3.83. The summed E-state index contributed by atoms with van der Waals surface area (Å²) in [6, 6.07) is 10.4. The third kappa shape index (κ3) is 5.36. The Morgan fingerprint density at radius 2 is 1.57 bits per heavy atom. The van der Waals surface area contributed by atoms with E-state index in [1.54, 1.807) is 45.2 Å². The Hall–Kier alpha value is -3.28. The molecule has 0 unspecified atom stereocenters. The van der Waals surface area contributed by atoms with Crippen molar-refractivity contribution in [2.24, 2.45) is 0 Å². The van der Waals surface area contributed by atoms with Gasteiger partial charge in [0.25, 0.3) is 0 Å². The summed E-state index contributed by atoms with van der Waals surface area (Å²) >= 11 is 0. The van der Waals surface area contributed by atoms with Crippen LogP contribution in [0.1, 0.15) is 36.2 Å². The maximum Gasteiger partial charge on any atom is 0.310 e. The van der Waals surface area contributed by atoms with E-state index in [0.717, 1.165) is 11.3 Å². The first-order valence-corrected chi connectivity index (χ1v) is 8.94. The number of hydrogen-bond acceptors (Lipinski definition) is 6. The van der Waals surface area contributed by atoms with Crippen molar-refractivity contribution in [1.82, 2.24) is 0 Å². The van der Waals surface area contributed by atoms with Crippen molar-refractivity contribution in [1.29, 1.82) is 0 Å². The maximum absolute atomic E-state index is 12.9. The highest BCUT2D eigenvalue weighted by Crippen LogP contribution is 2.35. The smallest absolute Gasteiger partial charge is 0.310 e. The van der Waals surface area contributed by atoms with Gasteiger partial charge in [0.2, 0.25) is 0 Å². The molecule has 0 bridgehead atoms. The molecule has 6 heteroatoms. The van der Waals surface area contributed by atoms with Crippen LogP contribution in [0.3, 0.4) is 0 Å². The summed E-state index contributed by atoms with van der Waals surface area (Å²) in [5.41, 5.74) is 1.00. The average molecular weight is 384 g/mol. The molecule has 0 aliphatic rings. The van der Waals surface area contributed by atoms with Gasteiger partial charge in [-0.2, -0.15) is 0 Å². The molecule has 0 aromatic heterocycles. The predicted molar refractivity (Wildman–Crippen MR) is 106 cm³/mol. The summed E-state index contributed by atoms with van der Waals surface area (Å²) in [6.07, 6.45) is 3.26. The Morgan fingerprint density at radius 3 is 2.14 bits per heavy atom. The molecule has 0 aliphatic carbocycles. The van der Waals surface area contributed by atoms with E-state index in [9.17, 15) is 9.59 Å². The van der Waals surface area contributed by atoms with Crippen molar-refractivity contribution in [3.8, 4) is 23.0 Å². The monoisotopic (exact) mass is 384 g/mol. The largest absolute Gasteiger partial charge is 0.497 e. The van der Waals surface area contributed by atoms with Crippen molar-refractivity contribution in [2.45, 2.75) is 20.3 Å². The number of rotatable bonds is 9. The van der Waals surface area contributed by atoms with Gasteiger partial charge in [-0.1, -0.05) is 25.1 Å². The predicted octanol–water partition coefficient (Wildman–Crippen LogP) is 4.31. The van der Waals surface area contributed by atoms with Crippen molar-refractivity contribution >= 4 is 17.8 Å². The van der Waals surface area contributed by atoms with Crippen molar-refractivity contribution in [2.75, 3.05) is 20.8 Å². The van der Waals surface area contributed by atoms with E-state index < -0.39 is 5.97 Å². The summed E-state index contributed by atoms with van der Waals surface area (Å²) < 4.78 is 21.3. The number of esters is 1. The second-order valence-electron chi connectivity index (χ2n) is 5.73. The van der Waals surface area contributed by atoms with Crippen LogP contribution in [-0.2, 0) is 4.79 Å². The highest BCUT2D eigenvalue weighted by molar-refractivity contribution is 6.11. The first-order chi connectivity index (χ1) is 13.5. The highest BCUT2D eigenvalue weighted by atomic mass is 16.5. The second-order valence-corrected chi connectivity index (χ2v) is 5.73. The minimum atomic E-state index is -0.455. The molecule has 0 heterocycles. The fourth-order valence-corrected chi connectivity index (χ4v) is 2.44.